The molecule has 0 bridgehead atoms. The smallest absolute Gasteiger partial charge is 0.138 e. The SMILES string of the molecule is Cc1nc(COc2ccc(CNC(C)C)cc2Cl)cs1. The summed E-state index contributed by atoms with van der Waals surface area (Å²) in [6, 6.07) is 6.35. The molecule has 3 nitrogen and oxygen atoms in total. The van der Waals surface area contributed by atoms with Crippen LogP contribution in [0.25, 0.3) is 0 Å². The summed E-state index contributed by atoms with van der Waals surface area (Å²) in [5, 5.41) is 7.05. The second-order valence-corrected chi connectivity index (χ2v) is 6.42. The van der Waals surface area contributed by atoms with E-state index in [1.54, 1.807) is 11.3 Å². The maximum Gasteiger partial charge on any atom is 0.138 e. The van der Waals surface area contributed by atoms with E-state index in [2.05, 4.69) is 24.1 Å². The number of thiazole rings is 1. The predicted molar refractivity (Wildman–Crippen MR) is 84.6 cm³/mol. The van der Waals surface area contributed by atoms with Crippen LogP contribution in [0.15, 0.2) is 23.6 Å². The lowest BCUT2D eigenvalue weighted by atomic mass is 10.2. The van der Waals surface area contributed by atoms with Crippen molar-refractivity contribution in [3.05, 3.63) is 44.9 Å². The summed E-state index contributed by atoms with van der Waals surface area (Å²) in [7, 11) is 0. The van der Waals surface area contributed by atoms with Crippen molar-refractivity contribution in [3.8, 4) is 5.75 Å². The third kappa shape index (κ3) is 4.47. The van der Waals surface area contributed by atoms with Crippen LogP contribution >= 0.6 is 22.9 Å². The van der Waals surface area contributed by atoms with E-state index in [1.165, 1.54) is 0 Å². The van der Waals surface area contributed by atoms with Crippen molar-refractivity contribution < 1.29 is 4.74 Å². The van der Waals surface area contributed by atoms with Crippen LogP contribution < -0.4 is 10.1 Å². The highest BCUT2D eigenvalue weighted by molar-refractivity contribution is 7.09. The average Bonchev–Trinajstić information content (AvgIpc) is 2.81. The number of aromatic nitrogens is 1. The lowest BCUT2D eigenvalue weighted by Gasteiger charge is -2.11. The number of halogens is 1. The maximum absolute atomic E-state index is 6.25. The first-order valence-electron chi connectivity index (χ1n) is 6.60. The second-order valence-electron chi connectivity index (χ2n) is 4.95. The summed E-state index contributed by atoms with van der Waals surface area (Å²) in [4.78, 5) is 4.36. The number of nitrogens with one attached hydrogen (secondary N) is 1. The zero-order valence-electron chi connectivity index (χ0n) is 11.9. The van der Waals surface area contributed by atoms with Crippen LogP contribution in [-0.4, -0.2) is 11.0 Å². The lowest BCUT2D eigenvalue weighted by molar-refractivity contribution is 0.302. The molecule has 1 aromatic heterocycles. The van der Waals surface area contributed by atoms with Gasteiger partial charge in [0.2, 0.25) is 0 Å². The molecule has 0 spiro atoms. The normalized spacial score (nSPS) is 11.1. The molecule has 0 unspecified atom stereocenters. The fourth-order valence-electron chi connectivity index (χ4n) is 1.72. The number of benzene rings is 1. The van der Waals surface area contributed by atoms with Crippen molar-refractivity contribution >= 4 is 22.9 Å². The van der Waals surface area contributed by atoms with Gasteiger partial charge in [-0.05, 0) is 24.6 Å². The molecule has 0 radical (unpaired) electrons. The van der Waals surface area contributed by atoms with Crippen LogP contribution in [-0.2, 0) is 13.2 Å². The highest BCUT2D eigenvalue weighted by Crippen LogP contribution is 2.26. The Morgan fingerprint density at radius 3 is 2.80 bits per heavy atom. The number of aryl methyl sites for hydroxylation is 1. The molecular weight excluding hydrogens is 292 g/mol. The lowest BCUT2D eigenvalue weighted by Crippen LogP contribution is -2.21. The zero-order chi connectivity index (χ0) is 14.5. The molecule has 1 heterocycles. The monoisotopic (exact) mass is 310 g/mol. The van der Waals surface area contributed by atoms with E-state index < -0.39 is 0 Å². The molecular formula is C15H19ClN2OS. The number of rotatable bonds is 6. The van der Waals surface area contributed by atoms with Crippen LogP contribution in [0, 0.1) is 6.92 Å². The molecule has 5 heteroatoms. The van der Waals surface area contributed by atoms with Gasteiger partial charge >= 0.3 is 0 Å². The van der Waals surface area contributed by atoms with Gasteiger partial charge in [-0.3, -0.25) is 0 Å². The van der Waals surface area contributed by atoms with Gasteiger partial charge in [-0.15, -0.1) is 11.3 Å². The summed E-state index contributed by atoms with van der Waals surface area (Å²) in [5.74, 6) is 0.700. The van der Waals surface area contributed by atoms with E-state index in [9.17, 15) is 0 Å². The third-order valence-electron chi connectivity index (χ3n) is 2.75. The van der Waals surface area contributed by atoms with Crippen LogP contribution in [0.3, 0.4) is 0 Å². The van der Waals surface area contributed by atoms with Crippen molar-refractivity contribution in [2.24, 2.45) is 0 Å². The largest absolute Gasteiger partial charge is 0.486 e. The Morgan fingerprint density at radius 1 is 1.40 bits per heavy atom. The van der Waals surface area contributed by atoms with Crippen molar-refractivity contribution in [1.29, 1.82) is 0 Å². The highest BCUT2D eigenvalue weighted by Gasteiger charge is 2.05. The molecule has 2 rings (SSSR count). The first-order valence-corrected chi connectivity index (χ1v) is 7.86. The maximum atomic E-state index is 6.25. The number of ether oxygens (including phenoxy) is 1. The van der Waals surface area contributed by atoms with Gasteiger partial charge in [-0.25, -0.2) is 4.98 Å². The van der Waals surface area contributed by atoms with Crippen LogP contribution in [0.5, 0.6) is 5.75 Å². The van der Waals surface area contributed by atoms with Crippen LogP contribution in [0.4, 0.5) is 0 Å². The molecule has 0 aliphatic rings. The molecule has 0 saturated carbocycles. The van der Waals surface area contributed by atoms with Gasteiger partial charge in [-0.1, -0.05) is 31.5 Å². The van der Waals surface area contributed by atoms with Gasteiger partial charge in [0, 0.05) is 18.0 Å². The number of nitrogens with zero attached hydrogens (tertiary/aromatic N) is 1. The minimum absolute atomic E-state index is 0.452. The van der Waals surface area contributed by atoms with Gasteiger partial charge in [-0.2, -0.15) is 0 Å². The molecule has 1 N–H and O–H groups in total. The fourth-order valence-corrected chi connectivity index (χ4v) is 2.57. The Balaban J connectivity index is 1.95. The number of hydrogen-bond donors (Lipinski definition) is 1. The topological polar surface area (TPSA) is 34.1 Å². The summed E-state index contributed by atoms with van der Waals surface area (Å²) in [6.45, 7) is 7.48. The van der Waals surface area contributed by atoms with E-state index in [4.69, 9.17) is 16.3 Å². The average molecular weight is 311 g/mol. The molecule has 0 aliphatic carbocycles. The van der Waals surface area contributed by atoms with Gasteiger partial charge < -0.3 is 10.1 Å². The Kier molecular flexibility index (Phi) is 5.40. The Hall–Kier alpha value is -1.10. The summed E-state index contributed by atoms with van der Waals surface area (Å²) in [6.07, 6.45) is 0. The van der Waals surface area contributed by atoms with Crippen molar-refractivity contribution in [2.45, 2.75) is 40.0 Å². The van der Waals surface area contributed by atoms with Gasteiger partial charge in [0.25, 0.3) is 0 Å². The molecule has 0 amide bonds. The van der Waals surface area contributed by atoms with Crippen LogP contribution in [0.2, 0.25) is 5.02 Å². The minimum Gasteiger partial charge on any atom is -0.486 e. The van der Waals surface area contributed by atoms with Crippen molar-refractivity contribution in [2.75, 3.05) is 0 Å². The summed E-state index contributed by atoms with van der Waals surface area (Å²) < 4.78 is 5.71. The highest BCUT2D eigenvalue weighted by atomic mass is 35.5. The molecule has 108 valence electrons. The minimum atomic E-state index is 0.452. The summed E-state index contributed by atoms with van der Waals surface area (Å²) in [5.41, 5.74) is 2.09. The third-order valence-corrected chi connectivity index (χ3v) is 3.87. The standard InChI is InChI=1S/C15H19ClN2OS/c1-10(2)17-7-12-4-5-15(14(16)6-12)19-8-13-9-20-11(3)18-13/h4-6,9-10,17H,7-8H2,1-3H3. The van der Waals surface area contributed by atoms with Crippen molar-refractivity contribution in [1.82, 2.24) is 10.3 Å². The van der Waals surface area contributed by atoms with Gasteiger partial charge in [0.1, 0.15) is 12.4 Å². The first-order chi connectivity index (χ1) is 9.54. The van der Waals surface area contributed by atoms with E-state index in [-0.39, 0.29) is 0 Å². The quantitative estimate of drug-likeness (QED) is 0.869. The first kappa shape index (κ1) is 15.3. The molecule has 2 aromatic rings. The Morgan fingerprint density at radius 2 is 2.20 bits per heavy atom. The predicted octanol–water partition coefficient (Wildman–Crippen LogP) is 4.18. The van der Waals surface area contributed by atoms with E-state index in [1.807, 2.05) is 30.5 Å². The van der Waals surface area contributed by atoms with Gasteiger partial charge in [0.15, 0.2) is 0 Å². The van der Waals surface area contributed by atoms with Gasteiger partial charge in [0.05, 0.1) is 15.7 Å². The van der Waals surface area contributed by atoms with Crippen molar-refractivity contribution in [3.63, 3.8) is 0 Å². The zero-order valence-corrected chi connectivity index (χ0v) is 13.5. The van der Waals surface area contributed by atoms with E-state index in [0.717, 1.165) is 22.8 Å². The summed E-state index contributed by atoms with van der Waals surface area (Å²) >= 11 is 7.87. The van der Waals surface area contributed by atoms with E-state index in [0.29, 0.717) is 23.4 Å². The second kappa shape index (κ2) is 7.07. The number of hydrogen-bond acceptors (Lipinski definition) is 4. The molecule has 0 fully saturated rings. The molecule has 1 aromatic carbocycles. The molecule has 0 atom stereocenters. The Labute approximate surface area is 129 Å². The Bertz CT molecular complexity index is 569. The molecule has 0 aliphatic heterocycles. The van der Waals surface area contributed by atoms with E-state index >= 15 is 0 Å². The molecule has 0 saturated heterocycles. The molecule has 20 heavy (non-hydrogen) atoms. The van der Waals surface area contributed by atoms with Crippen LogP contribution in [0.1, 0.15) is 30.1 Å². The fraction of sp³-hybridized carbons (Fsp3) is 0.400.